The van der Waals surface area contributed by atoms with Crippen LogP contribution in [-0.2, 0) is 6.42 Å². The van der Waals surface area contributed by atoms with E-state index < -0.39 is 0 Å². The van der Waals surface area contributed by atoms with Crippen LogP contribution < -0.4 is 14.2 Å². The molecule has 2 aromatic rings. The van der Waals surface area contributed by atoms with Crippen molar-refractivity contribution in [2.75, 3.05) is 13.7 Å². The van der Waals surface area contributed by atoms with E-state index in [-0.39, 0.29) is 6.10 Å². The molecule has 2 heterocycles. The molecule has 0 spiro atoms. The first-order valence-corrected chi connectivity index (χ1v) is 6.91. The van der Waals surface area contributed by atoms with E-state index in [0.717, 1.165) is 29.2 Å². The quantitative estimate of drug-likeness (QED) is 0.793. The average Bonchev–Trinajstić information content (AvgIpc) is 2.52. The Morgan fingerprint density at radius 3 is 2.90 bits per heavy atom. The molecule has 0 unspecified atom stereocenters. The molecular weight excluding hydrogens is 252 g/mol. The summed E-state index contributed by atoms with van der Waals surface area (Å²) in [6.45, 7) is 0.673. The van der Waals surface area contributed by atoms with Crippen LogP contribution in [0.1, 0.15) is 17.2 Å². The van der Waals surface area contributed by atoms with E-state index in [1.165, 1.54) is 5.56 Å². The van der Waals surface area contributed by atoms with Crippen molar-refractivity contribution < 1.29 is 14.2 Å². The van der Waals surface area contributed by atoms with Crippen molar-refractivity contribution in [3.8, 4) is 17.2 Å². The minimum atomic E-state index is 0.0590. The van der Waals surface area contributed by atoms with E-state index in [2.05, 4.69) is 18.2 Å². The summed E-state index contributed by atoms with van der Waals surface area (Å²) < 4.78 is 17.5. The molecule has 2 aromatic carbocycles. The summed E-state index contributed by atoms with van der Waals surface area (Å²) in [4.78, 5) is 0. The molecule has 0 amide bonds. The van der Waals surface area contributed by atoms with Gasteiger partial charge < -0.3 is 14.2 Å². The summed E-state index contributed by atoms with van der Waals surface area (Å²) >= 11 is 0. The molecule has 3 heteroatoms. The van der Waals surface area contributed by atoms with Crippen LogP contribution in [0.2, 0.25) is 0 Å². The second-order valence-corrected chi connectivity index (χ2v) is 5.30. The Labute approximate surface area is 118 Å². The highest BCUT2D eigenvalue weighted by molar-refractivity contribution is 5.50. The standard InChI is InChI=1S/C17H16O3/c1-18-15-8-4-6-13-16-12(10-19-17(13)15)9-11-5-2-3-7-14(11)20-16/h2-8,12,16H,9-10H2,1H3/t12-,16+/m1/s1. The van der Waals surface area contributed by atoms with Gasteiger partial charge in [0.15, 0.2) is 11.5 Å². The van der Waals surface area contributed by atoms with Crippen LogP contribution >= 0.6 is 0 Å². The van der Waals surface area contributed by atoms with Crippen LogP contribution in [0.5, 0.6) is 17.2 Å². The third-order valence-corrected chi connectivity index (χ3v) is 4.11. The predicted molar refractivity (Wildman–Crippen MR) is 75.5 cm³/mol. The minimum Gasteiger partial charge on any atom is -0.493 e. The molecule has 2 atom stereocenters. The maximum absolute atomic E-state index is 6.23. The van der Waals surface area contributed by atoms with Gasteiger partial charge in [-0.05, 0) is 24.1 Å². The molecule has 3 nitrogen and oxygen atoms in total. The van der Waals surface area contributed by atoms with Crippen molar-refractivity contribution in [3.05, 3.63) is 53.6 Å². The van der Waals surface area contributed by atoms with E-state index in [1.54, 1.807) is 7.11 Å². The van der Waals surface area contributed by atoms with Gasteiger partial charge in [0, 0.05) is 11.5 Å². The third kappa shape index (κ3) is 1.66. The maximum atomic E-state index is 6.23. The van der Waals surface area contributed by atoms with Crippen molar-refractivity contribution in [2.24, 2.45) is 5.92 Å². The summed E-state index contributed by atoms with van der Waals surface area (Å²) in [5.74, 6) is 2.97. The molecular formula is C17H16O3. The third-order valence-electron chi connectivity index (χ3n) is 4.11. The van der Waals surface area contributed by atoms with Gasteiger partial charge >= 0.3 is 0 Å². The van der Waals surface area contributed by atoms with Crippen LogP contribution in [0, 0.1) is 5.92 Å². The molecule has 4 rings (SSSR count). The smallest absolute Gasteiger partial charge is 0.168 e. The fraction of sp³-hybridized carbons (Fsp3) is 0.294. The van der Waals surface area contributed by atoms with E-state index in [4.69, 9.17) is 14.2 Å². The maximum Gasteiger partial charge on any atom is 0.168 e. The monoisotopic (exact) mass is 268 g/mol. The zero-order chi connectivity index (χ0) is 13.5. The first-order chi connectivity index (χ1) is 9.86. The first kappa shape index (κ1) is 11.6. The predicted octanol–water partition coefficient (Wildman–Crippen LogP) is 3.38. The van der Waals surface area contributed by atoms with Gasteiger partial charge in [0.25, 0.3) is 0 Å². The van der Waals surface area contributed by atoms with Crippen molar-refractivity contribution in [1.29, 1.82) is 0 Å². The van der Waals surface area contributed by atoms with Gasteiger partial charge in [0.2, 0.25) is 0 Å². The summed E-state index contributed by atoms with van der Waals surface area (Å²) in [7, 11) is 1.67. The molecule has 0 saturated carbocycles. The van der Waals surface area contributed by atoms with Gasteiger partial charge in [0.05, 0.1) is 13.7 Å². The van der Waals surface area contributed by atoms with Crippen molar-refractivity contribution in [1.82, 2.24) is 0 Å². The largest absolute Gasteiger partial charge is 0.493 e. The van der Waals surface area contributed by atoms with E-state index in [1.807, 2.05) is 24.3 Å². The molecule has 0 saturated heterocycles. The highest BCUT2D eigenvalue weighted by Crippen LogP contribution is 2.47. The normalized spacial score (nSPS) is 22.6. The highest BCUT2D eigenvalue weighted by atomic mass is 16.5. The van der Waals surface area contributed by atoms with Gasteiger partial charge in [0.1, 0.15) is 11.9 Å². The Kier molecular flexibility index (Phi) is 2.59. The second kappa shape index (κ2) is 4.44. The number of rotatable bonds is 1. The number of ether oxygens (including phenoxy) is 3. The summed E-state index contributed by atoms with van der Waals surface area (Å²) in [5.41, 5.74) is 2.36. The summed E-state index contributed by atoms with van der Waals surface area (Å²) in [6, 6.07) is 14.2. The molecule has 0 fully saturated rings. The van der Waals surface area contributed by atoms with Crippen molar-refractivity contribution in [3.63, 3.8) is 0 Å². The number of hydrogen-bond acceptors (Lipinski definition) is 3. The van der Waals surface area contributed by atoms with Crippen LogP contribution in [0.4, 0.5) is 0 Å². The molecule has 0 radical (unpaired) electrons. The molecule has 0 aromatic heterocycles. The van der Waals surface area contributed by atoms with Crippen LogP contribution in [0.3, 0.4) is 0 Å². The number of methoxy groups -OCH3 is 1. The fourth-order valence-corrected chi connectivity index (χ4v) is 3.14. The average molecular weight is 268 g/mol. The summed E-state index contributed by atoms with van der Waals surface area (Å²) in [5, 5.41) is 0. The Bertz CT molecular complexity index is 650. The van der Waals surface area contributed by atoms with Gasteiger partial charge in [-0.2, -0.15) is 0 Å². The Morgan fingerprint density at radius 1 is 1.10 bits per heavy atom. The lowest BCUT2D eigenvalue weighted by Crippen LogP contribution is -2.34. The number of para-hydroxylation sites is 2. The molecule has 102 valence electrons. The molecule has 2 aliphatic heterocycles. The molecule has 0 aliphatic carbocycles. The molecule has 2 aliphatic rings. The lowest BCUT2D eigenvalue weighted by Gasteiger charge is -2.38. The summed E-state index contributed by atoms with van der Waals surface area (Å²) in [6.07, 6.45) is 1.06. The van der Waals surface area contributed by atoms with Gasteiger partial charge in [-0.1, -0.05) is 30.3 Å². The van der Waals surface area contributed by atoms with Gasteiger partial charge in [-0.25, -0.2) is 0 Å². The second-order valence-electron chi connectivity index (χ2n) is 5.30. The molecule has 0 N–H and O–H groups in total. The van der Waals surface area contributed by atoms with E-state index in [9.17, 15) is 0 Å². The SMILES string of the molecule is COc1cccc2c1OC[C@H]1Cc3ccccc3O[C@H]21. The zero-order valence-electron chi connectivity index (χ0n) is 11.3. The topological polar surface area (TPSA) is 27.7 Å². The number of benzene rings is 2. The molecule has 20 heavy (non-hydrogen) atoms. The first-order valence-electron chi connectivity index (χ1n) is 6.91. The van der Waals surface area contributed by atoms with Gasteiger partial charge in [-0.3, -0.25) is 0 Å². The van der Waals surface area contributed by atoms with Crippen molar-refractivity contribution in [2.45, 2.75) is 12.5 Å². The van der Waals surface area contributed by atoms with Crippen LogP contribution in [0.25, 0.3) is 0 Å². The number of fused-ring (bicyclic) bond motifs is 4. The molecule has 0 bridgehead atoms. The lowest BCUT2D eigenvalue weighted by molar-refractivity contribution is 0.0526. The van der Waals surface area contributed by atoms with Crippen LogP contribution in [-0.4, -0.2) is 13.7 Å². The fourth-order valence-electron chi connectivity index (χ4n) is 3.14. The lowest BCUT2D eigenvalue weighted by atomic mass is 9.85. The van der Waals surface area contributed by atoms with E-state index >= 15 is 0 Å². The van der Waals surface area contributed by atoms with E-state index in [0.29, 0.717) is 12.5 Å². The van der Waals surface area contributed by atoms with Crippen LogP contribution in [0.15, 0.2) is 42.5 Å². The number of hydrogen-bond donors (Lipinski definition) is 0. The minimum absolute atomic E-state index is 0.0590. The Balaban J connectivity index is 1.78. The zero-order valence-corrected chi connectivity index (χ0v) is 11.3. The van der Waals surface area contributed by atoms with Crippen molar-refractivity contribution >= 4 is 0 Å². The Hall–Kier alpha value is -2.16. The highest BCUT2D eigenvalue weighted by Gasteiger charge is 2.37. The van der Waals surface area contributed by atoms with Gasteiger partial charge in [-0.15, -0.1) is 0 Å². The Morgan fingerprint density at radius 2 is 2.00 bits per heavy atom.